The Morgan fingerprint density at radius 1 is 1.33 bits per heavy atom. The average molecular weight is 170 g/mol. The van der Waals surface area contributed by atoms with Crippen LogP contribution in [0.15, 0.2) is 0 Å². The standard InChI is InChI=1S/C10H22N2/c1-9(2)5-10-6-12(7-10)8-11(3)4/h9-10H,5-8H2,1-4H3. The molecule has 2 nitrogen and oxygen atoms in total. The van der Waals surface area contributed by atoms with Gasteiger partial charge in [-0.1, -0.05) is 13.8 Å². The molecule has 0 atom stereocenters. The van der Waals surface area contributed by atoms with Crippen molar-refractivity contribution in [1.82, 2.24) is 9.80 Å². The van der Waals surface area contributed by atoms with Crippen LogP contribution in [0.5, 0.6) is 0 Å². The molecule has 0 amide bonds. The summed E-state index contributed by atoms with van der Waals surface area (Å²) in [5, 5.41) is 0. The van der Waals surface area contributed by atoms with Gasteiger partial charge in [0.2, 0.25) is 0 Å². The number of hydrogen-bond acceptors (Lipinski definition) is 2. The monoisotopic (exact) mass is 170 g/mol. The predicted octanol–water partition coefficient (Wildman–Crippen LogP) is 1.48. The van der Waals surface area contributed by atoms with Crippen molar-refractivity contribution in [3.8, 4) is 0 Å². The Bertz CT molecular complexity index is 112. The summed E-state index contributed by atoms with van der Waals surface area (Å²) < 4.78 is 0. The van der Waals surface area contributed by atoms with Crippen molar-refractivity contribution in [2.75, 3.05) is 33.9 Å². The SMILES string of the molecule is CC(C)CC1CN(CN(C)C)C1. The molecule has 0 aromatic rings. The third-order valence-corrected chi connectivity index (χ3v) is 2.32. The quantitative estimate of drug-likeness (QED) is 0.630. The lowest BCUT2D eigenvalue weighted by atomic mass is 9.91. The molecule has 1 saturated heterocycles. The maximum Gasteiger partial charge on any atom is 0.0500 e. The van der Waals surface area contributed by atoms with Crippen molar-refractivity contribution in [3.05, 3.63) is 0 Å². The molecule has 0 aromatic carbocycles. The summed E-state index contributed by atoms with van der Waals surface area (Å²) in [6.45, 7) is 8.39. The lowest BCUT2D eigenvalue weighted by Gasteiger charge is -2.41. The van der Waals surface area contributed by atoms with Crippen LogP contribution in [0.25, 0.3) is 0 Å². The van der Waals surface area contributed by atoms with Gasteiger partial charge in [0.05, 0.1) is 6.67 Å². The third-order valence-electron chi connectivity index (χ3n) is 2.32. The van der Waals surface area contributed by atoms with Crippen LogP contribution in [0.4, 0.5) is 0 Å². The van der Waals surface area contributed by atoms with Gasteiger partial charge in [-0.15, -0.1) is 0 Å². The van der Waals surface area contributed by atoms with Gasteiger partial charge in [-0.2, -0.15) is 0 Å². The van der Waals surface area contributed by atoms with Gasteiger partial charge < -0.3 is 0 Å². The number of hydrogen-bond donors (Lipinski definition) is 0. The number of nitrogens with zero attached hydrogens (tertiary/aromatic N) is 2. The average Bonchev–Trinajstić information content (AvgIpc) is 1.80. The van der Waals surface area contributed by atoms with Gasteiger partial charge in [-0.05, 0) is 32.4 Å². The van der Waals surface area contributed by atoms with E-state index in [0.29, 0.717) is 0 Å². The maximum absolute atomic E-state index is 2.51. The van der Waals surface area contributed by atoms with Gasteiger partial charge in [-0.25, -0.2) is 0 Å². The van der Waals surface area contributed by atoms with Crippen LogP contribution in [-0.2, 0) is 0 Å². The molecule has 1 aliphatic heterocycles. The van der Waals surface area contributed by atoms with E-state index in [1.807, 2.05) is 0 Å². The van der Waals surface area contributed by atoms with E-state index in [0.717, 1.165) is 18.5 Å². The molecule has 0 unspecified atom stereocenters. The molecule has 2 heteroatoms. The first-order valence-electron chi connectivity index (χ1n) is 4.95. The van der Waals surface area contributed by atoms with Gasteiger partial charge in [0.1, 0.15) is 0 Å². The minimum absolute atomic E-state index is 0.872. The van der Waals surface area contributed by atoms with Crippen LogP contribution in [0.2, 0.25) is 0 Å². The lowest BCUT2D eigenvalue weighted by Crippen LogP contribution is -2.50. The van der Waals surface area contributed by atoms with E-state index < -0.39 is 0 Å². The topological polar surface area (TPSA) is 6.48 Å². The van der Waals surface area contributed by atoms with E-state index in [4.69, 9.17) is 0 Å². The minimum Gasteiger partial charge on any atom is -0.297 e. The van der Waals surface area contributed by atoms with Crippen LogP contribution >= 0.6 is 0 Å². The summed E-state index contributed by atoms with van der Waals surface area (Å²) in [6.07, 6.45) is 1.41. The van der Waals surface area contributed by atoms with E-state index in [9.17, 15) is 0 Å². The van der Waals surface area contributed by atoms with Gasteiger partial charge in [0, 0.05) is 13.1 Å². The van der Waals surface area contributed by atoms with Crippen LogP contribution < -0.4 is 0 Å². The third kappa shape index (κ3) is 3.11. The fraction of sp³-hybridized carbons (Fsp3) is 1.00. The highest BCUT2D eigenvalue weighted by atomic mass is 15.3. The van der Waals surface area contributed by atoms with E-state index in [2.05, 4.69) is 37.7 Å². The van der Waals surface area contributed by atoms with E-state index in [1.54, 1.807) is 0 Å². The Morgan fingerprint density at radius 3 is 2.33 bits per heavy atom. The molecule has 72 valence electrons. The fourth-order valence-corrected chi connectivity index (χ4v) is 2.01. The van der Waals surface area contributed by atoms with Crippen LogP contribution in [-0.4, -0.2) is 43.7 Å². The summed E-state index contributed by atoms with van der Waals surface area (Å²) in [4.78, 5) is 4.75. The van der Waals surface area contributed by atoms with Crippen molar-refractivity contribution < 1.29 is 0 Å². The van der Waals surface area contributed by atoms with Crippen molar-refractivity contribution in [2.45, 2.75) is 20.3 Å². The van der Waals surface area contributed by atoms with Crippen LogP contribution in [0.1, 0.15) is 20.3 Å². The second-order valence-corrected chi connectivity index (χ2v) is 4.75. The van der Waals surface area contributed by atoms with E-state index >= 15 is 0 Å². The maximum atomic E-state index is 2.51. The molecule has 1 rings (SSSR count). The number of rotatable bonds is 4. The Labute approximate surface area is 76.5 Å². The second kappa shape index (κ2) is 4.24. The minimum atomic E-state index is 0.872. The van der Waals surface area contributed by atoms with Gasteiger partial charge in [0.15, 0.2) is 0 Å². The first-order chi connectivity index (χ1) is 5.58. The highest BCUT2D eigenvalue weighted by Gasteiger charge is 2.26. The van der Waals surface area contributed by atoms with E-state index in [1.165, 1.54) is 19.5 Å². The van der Waals surface area contributed by atoms with Crippen molar-refractivity contribution in [2.24, 2.45) is 11.8 Å². The number of likely N-dealkylation sites (tertiary alicyclic amines) is 1. The summed E-state index contributed by atoms with van der Waals surface area (Å²) in [6, 6.07) is 0. The summed E-state index contributed by atoms with van der Waals surface area (Å²) in [5.41, 5.74) is 0. The first-order valence-corrected chi connectivity index (χ1v) is 4.95. The molecule has 0 saturated carbocycles. The zero-order valence-corrected chi connectivity index (χ0v) is 8.88. The van der Waals surface area contributed by atoms with Gasteiger partial charge >= 0.3 is 0 Å². The second-order valence-electron chi connectivity index (χ2n) is 4.75. The van der Waals surface area contributed by atoms with Crippen molar-refractivity contribution >= 4 is 0 Å². The molecule has 1 fully saturated rings. The van der Waals surface area contributed by atoms with Crippen LogP contribution in [0.3, 0.4) is 0 Å². The molecule has 0 N–H and O–H groups in total. The summed E-state index contributed by atoms with van der Waals surface area (Å²) in [5.74, 6) is 1.85. The zero-order valence-electron chi connectivity index (χ0n) is 8.88. The normalized spacial score (nSPS) is 20.5. The zero-order chi connectivity index (χ0) is 9.14. The Kier molecular flexibility index (Phi) is 3.53. The van der Waals surface area contributed by atoms with Crippen molar-refractivity contribution in [1.29, 1.82) is 0 Å². The largest absolute Gasteiger partial charge is 0.297 e. The van der Waals surface area contributed by atoms with Gasteiger partial charge in [-0.3, -0.25) is 9.80 Å². The first kappa shape index (κ1) is 10.0. The molecule has 1 aliphatic rings. The molecule has 0 aromatic heterocycles. The summed E-state index contributed by atoms with van der Waals surface area (Å²) >= 11 is 0. The molecule has 0 aliphatic carbocycles. The van der Waals surface area contributed by atoms with Crippen LogP contribution in [0, 0.1) is 11.8 Å². The molecular formula is C10H22N2. The summed E-state index contributed by atoms with van der Waals surface area (Å²) in [7, 11) is 4.27. The molecule has 0 spiro atoms. The highest BCUT2D eigenvalue weighted by molar-refractivity contribution is 4.79. The molecule has 0 bridgehead atoms. The molecule has 0 radical (unpaired) electrons. The molecule has 1 heterocycles. The van der Waals surface area contributed by atoms with Gasteiger partial charge in [0.25, 0.3) is 0 Å². The lowest BCUT2D eigenvalue weighted by molar-refractivity contribution is 0.0437. The Hall–Kier alpha value is -0.0800. The smallest absolute Gasteiger partial charge is 0.0500 e. The highest BCUT2D eigenvalue weighted by Crippen LogP contribution is 2.22. The molecule has 12 heavy (non-hydrogen) atoms. The Balaban J connectivity index is 2.04. The molecular weight excluding hydrogens is 148 g/mol. The van der Waals surface area contributed by atoms with Crippen molar-refractivity contribution in [3.63, 3.8) is 0 Å². The fourth-order valence-electron chi connectivity index (χ4n) is 2.01. The Morgan fingerprint density at radius 2 is 1.92 bits per heavy atom. The van der Waals surface area contributed by atoms with E-state index in [-0.39, 0.29) is 0 Å². The predicted molar refractivity (Wildman–Crippen MR) is 53.1 cm³/mol.